The zero-order valence-corrected chi connectivity index (χ0v) is 12.2. The van der Waals surface area contributed by atoms with E-state index in [0.29, 0.717) is 12.1 Å². The fraction of sp³-hybridized carbons (Fsp3) is 0.417. The molecule has 0 unspecified atom stereocenters. The zero-order chi connectivity index (χ0) is 14.5. The number of hydrogen-bond acceptors (Lipinski definition) is 3. The summed E-state index contributed by atoms with van der Waals surface area (Å²) < 4.78 is 22.3. The van der Waals surface area contributed by atoms with Crippen LogP contribution >= 0.6 is 11.6 Å². The van der Waals surface area contributed by atoms with Gasteiger partial charge in [-0.15, -0.1) is 0 Å². The lowest BCUT2D eigenvalue weighted by Gasteiger charge is -2.07. The summed E-state index contributed by atoms with van der Waals surface area (Å²) in [5, 5.41) is 7.65. The number of sulfonamides is 1. The molecule has 1 amide bonds. The predicted molar refractivity (Wildman–Crippen MR) is 75.6 cm³/mol. The molecule has 0 bridgehead atoms. The van der Waals surface area contributed by atoms with Gasteiger partial charge in [0.05, 0.1) is 5.02 Å². The molecule has 1 aromatic carbocycles. The number of rotatable bonds is 6. The number of carbonyl (C=O) groups excluding carboxylic acids is 1. The molecule has 0 heterocycles. The van der Waals surface area contributed by atoms with E-state index < -0.39 is 10.0 Å². The van der Waals surface area contributed by atoms with Crippen LogP contribution < -0.4 is 10.5 Å². The van der Waals surface area contributed by atoms with E-state index in [1.165, 1.54) is 18.2 Å². The second-order valence-electron chi connectivity index (χ2n) is 4.20. The van der Waals surface area contributed by atoms with Crippen LogP contribution in [0.2, 0.25) is 5.02 Å². The second-order valence-corrected chi connectivity index (χ2v) is 6.13. The molecule has 5 nitrogen and oxygen atoms in total. The van der Waals surface area contributed by atoms with Crippen LogP contribution in [0.5, 0.6) is 0 Å². The number of benzene rings is 1. The highest BCUT2D eigenvalue weighted by molar-refractivity contribution is 7.89. The minimum atomic E-state index is -3.84. The first-order valence-corrected chi connectivity index (χ1v) is 7.89. The number of nitrogens with two attached hydrogens (primary N) is 1. The van der Waals surface area contributed by atoms with Gasteiger partial charge in [-0.2, -0.15) is 0 Å². The summed E-state index contributed by atoms with van der Waals surface area (Å²) in [6.07, 6.45) is 3.30. The van der Waals surface area contributed by atoms with Gasteiger partial charge in [-0.05, 0) is 24.6 Å². The first-order valence-electron chi connectivity index (χ1n) is 5.96. The highest BCUT2D eigenvalue weighted by atomic mass is 35.5. The maximum atomic E-state index is 11.6. The van der Waals surface area contributed by atoms with Gasteiger partial charge in [0.1, 0.15) is 4.90 Å². The highest BCUT2D eigenvalue weighted by Gasteiger charge is 2.13. The first-order chi connectivity index (χ1) is 8.84. The average molecular weight is 305 g/mol. The van der Waals surface area contributed by atoms with E-state index in [1.807, 2.05) is 0 Å². The molecule has 0 spiro atoms. The van der Waals surface area contributed by atoms with Crippen LogP contribution in [0.1, 0.15) is 32.6 Å². The van der Waals surface area contributed by atoms with Crippen molar-refractivity contribution in [2.24, 2.45) is 5.14 Å². The van der Waals surface area contributed by atoms with Gasteiger partial charge in [0.2, 0.25) is 15.9 Å². The molecule has 3 N–H and O–H groups in total. The average Bonchev–Trinajstić information content (AvgIpc) is 2.27. The van der Waals surface area contributed by atoms with E-state index in [-0.39, 0.29) is 15.8 Å². The molecule has 19 heavy (non-hydrogen) atoms. The van der Waals surface area contributed by atoms with Gasteiger partial charge in [-0.25, -0.2) is 13.6 Å². The van der Waals surface area contributed by atoms with E-state index in [2.05, 4.69) is 12.2 Å². The number of anilines is 1. The topological polar surface area (TPSA) is 89.3 Å². The van der Waals surface area contributed by atoms with Crippen LogP contribution in [0.4, 0.5) is 5.69 Å². The minimum absolute atomic E-state index is 0.00569. The van der Waals surface area contributed by atoms with Crippen LogP contribution in [0.3, 0.4) is 0 Å². The van der Waals surface area contributed by atoms with Crippen molar-refractivity contribution in [1.82, 2.24) is 0 Å². The molecular formula is C12H17ClN2O3S. The number of unbranched alkanes of at least 4 members (excludes halogenated alkanes) is 2. The van der Waals surface area contributed by atoms with Crippen molar-refractivity contribution in [2.75, 3.05) is 5.32 Å². The van der Waals surface area contributed by atoms with E-state index in [1.54, 1.807) is 0 Å². The van der Waals surface area contributed by atoms with Crippen LogP contribution in [0, 0.1) is 0 Å². The maximum Gasteiger partial charge on any atom is 0.239 e. The lowest BCUT2D eigenvalue weighted by Crippen LogP contribution is -2.14. The van der Waals surface area contributed by atoms with Crippen LogP contribution in [-0.4, -0.2) is 14.3 Å². The molecule has 7 heteroatoms. The Morgan fingerprint density at radius 2 is 2.05 bits per heavy atom. The maximum absolute atomic E-state index is 11.6. The lowest BCUT2D eigenvalue weighted by molar-refractivity contribution is -0.116. The third-order valence-corrected chi connectivity index (χ3v) is 3.92. The standard InChI is InChI=1S/C12H17ClN2O3S/c1-2-3-4-5-12(16)15-9-6-7-11(10(13)8-9)19(14,17)18/h6-8H,2-5H2,1H3,(H,15,16)(H2,14,17,18). The van der Waals surface area contributed by atoms with Gasteiger partial charge in [0.15, 0.2) is 0 Å². The molecule has 0 fully saturated rings. The van der Waals surface area contributed by atoms with Crippen molar-refractivity contribution in [3.8, 4) is 0 Å². The third-order valence-electron chi connectivity index (χ3n) is 2.53. The summed E-state index contributed by atoms with van der Waals surface area (Å²) in [5.74, 6) is -0.118. The summed E-state index contributed by atoms with van der Waals surface area (Å²) in [6.45, 7) is 2.06. The van der Waals surface area contributed by atoms with Gasteiger partial charge in [0, 0.05) is 12.1 Å². The SMILES string of the molecule is CCCCCC(=O)Nc1ccc(S(N)(=O)=O)c(Cl)c1. The number of hydrogen-bond donors (Lipinski definition) is 2. The number of amides is 1. The fourth-order valence-electron chi connectivity index (χ4n) is 1.57. The van der Waals surface area contributed by atoms with Gasteiger partial charge < -0.3 is 5.32 Å². The molecule has 0 radical (unpaired) electrons. The zero-order valence-electron chi connectivity index (χ0n) is 10.6. The summed E-state index contributed by atoms with van der Waals surface area (Å²) >= 11 is 5.81. The predicted octanol–water partition coefficient (Wildman–Crippen LogP) is 2.51. The van der Waals surface area contributed by atoms with Gasteiger partial charge in [-0.1, -0.05) is 31.4 Å². The molecule has 1 aromatic rings. The summed E-state index contributed by atoms with van der Waals surface area (Å²) in [6, 6.07) is 4.11. The van der Waals surface area contributed by atoms with E-state index in [9.17, 15) is 13.2 Å². The normalized spacial score (nSPS) is 11.3. The molecule has 0 saturated heterocycles. The Balaban J connectivity index is 2.72. The fourth-order valence-corrected chi connectivity index (χ4v) is 2.66. The third kappa shape index (κ3) is 5.18. The highest BCUT2D eigenvalue weighted by Crippen LogP contribution is 2.24. The monoisotopic (exact) mass is 304 g/mol. The summed E-state index contributed by atoms with van der Waals surface area (Å²) in [5.41, 5.74) is 0.457. The summed E-state index contributed by atoms with van der Waals surface area (Å²) in [4.78, 5) is 11.4. The van der Waals surface area contributed by atoms with Crippen molar-refractivity contribution >= 4 is 33.2 Å². The van der Waals surface area contributed by atoms with Crippen molar-refractivity contribution in [3.63, 3.8) is 0 Å². The molecule has 0 aliphatic carbocycles. The molecule has 106 valence electrons. The van der Waals surface area contributed by atoms with E-state index in [0.717, 1.165) is 19.3 Å². The Morgan fingerprint density at radius 3 is 2.58 bits per heavy atom. The molecule has 0 aromatic heterocycles. The Hall–Kier alpha value is -1.11. The molecule has 1 rings (SSSR count). The van der Waals surface area contributed by atoms with Crippen LogP contribution in [0.25, 0.3) is 0 Å². The Labute approximate surface area is 118 Å². The Kier molecular flexibility index (Phi) is 5.78. The second kappa shape index (κ2) is 6.88. The molecule has 0 aliphatic rings. The number of carbonyl (C=O) groups is 1. The number of primary sulfonamides is 1. The van der Waals surface area contributed by atoms with Crippen LogP contribution in [-0.2, 0) is 14.8 Å². The minimum Gasteiger partial charge on any atom is -0.326 e. The van der Waals surface area contributed by atoms with E-state index >= 15 is 0 Å². The lowest BCUT2D eigenvalue weighted by atomic mass is 10.2. The van der Waals surface area contributed by atoms with Crippen molar-refractivity contribution in [1.29, 1.82) is 0 Å². The van der Waals surface area contributed by atoms with Crippen molar-refractivity contribution in [3.05, 3.63) is 23.2 Å². The number of nitrogens with one attached hydrogen (secondary N) is 1. The van der Waals surface area contributed by atoms with Crippen molar-refractivity contribution < 1.29 is 13.2 Å². The first kappa shape index (κ1) is 15.9. The Bertz CT molecular complexity index is 558. The summed E-state index contributed by atoms with van der Waals surface area (Å²) in [7, 11) is -3.84. The van der Waals surface area contributed by atoms with E-state index in [4.69, 9.17) is 16.7 Å². The largest absolute Gasteiger partial charge is 0.326 e. The van der Waals surface area contributed by atoms with Crippen molar-refractivity contribution in [2.45, 2.75) is 37.5 Å². The molecule has 0 aliphatic heterocycles. The van der Waals surface area contributed by atoms with Gasteiger partial charge in [-0.3, -0.25) is 4.79 Å². The molecule has 0 atom stereocenters. The Morgan fingerprint density at radius 1 is 1.37 bits per heavy atom. The number of halogens is 1. The van der Waals surface area contributed by atoms with Gasteiger partial charge in [0.25, 0.3) is 0 Å². The quantitative estimate of drug-likeness (QED) is 0.791. The van der Waals surface area contributed by atoms with Gasteiger partial charge >= 0.3 is 0 Å². The smallest absolute Gasteiger partial charge is 0.239 e. The molecular weight excluding hydrogens is 288 g/mol. The molecule has 0 saturated carbocycles. The van der Waals surface area contributed by atoms with Crippen LogP contribution in [0.15, 0.2) is 23.1 Å².